The van der Waals surface area contributed by atoms with Crippen LogP contribution < -0.4 is 5.73 Å². The zero-order chi connectivity index (χ0) is 13.2. The Morgan fingerprint density at radius 3 is 2.68 bits per heavy atom. The Labute approximate surface area is 116 Å². The average Bonchev–Trinajstić information content (AvgIpc) is 2.83. The standard InChI is InChI=1S/C15H26N4/c1-17-5-7-18(8-6-17)9-10-19-11-13-3-2-4-15(16)14(13)12-19/h11-12,15H,2-10,16H2,1H3. The van der Waals surface area contributed by atoms with E-state index in [1.807, 2.05) is 0 Å². The Morgan fingerprint density at radius 2 is 1.95 bits per heavy atom. The third-order valence-corrected chi connectivity index (χ3v) is 4.63. The summed E-state index contributed by atoms with van der Waals surface area (Å²) in [6.07, 6.45) is 8.22. The highest BCUT2D eigenvalue weighted by Crippen LogP contribution is 2.28. The number of nitrogens with two attached hydrogens (primary N) is 1. The average molecular weight is 262 g/mol. The maximum Gasteiger partial charge on any atom is 0.0347 e. The fourth-order valence-electron chi connectivity index (χ4n) is 3.24. The van der Waals surface area contributed by atoms with Crippen LogP contribution in [0.1, 0.15) is 30.0 Å². The van der Waals surface area contributed by atoms with Gasteiger partial charge in [-0.05, 0) is 37.4 Å². The Bertz CT molecular complexity index is 418. The van der Waals surface area contributed by atoms with E-state index in [1.165, 1.54) is 50.1 Å². The summed E-state index contributed by atoms with van der Waals surface area (Å²) in [5.74, 6) is 0. The monoisotopic (exact) mass is 262 g/mol. The van der Waals surface area contributed by atoms with Gasteiger partial charge >= 0.3 is 0 Å². The number of hydrogen-bond acceptors (Lipinski definition) is 3. The highest BCUT2D eigenvalue weighted by atomic mass is 15.2. The number of piperazine rings is 1. The molecule has 19 heavy (non-hydrogen) atoms. The molecule has 0 bridgehead atoms. The van der Waals surface area contributed by atoms with Crippen molar-refractivity contribution in [1.29, 1.82) is 0 Å². The van der Waals surface area contributed by atoms with Crippen LogP contribution in [0.25, 0.3) is 0 Å². The SMILES string of the molecule is CN1CCN(CCn2cc3c(c2)C(N)CCC3)CC1. The first-order valence-electron chi connectivity index (χ1n) is 7.57. The lowest BCUT2D eigenvalue weighted by Gasteiger charge is -2.32. The molecule has 0 radical (unpaired) electrons. The second-order valence-corrected chi connectivity index (χ2v) is 6.12. The molecule has 4 nitrogen and oxygen atoms in total. The summed E-state index contributed by atoms with van der Waals surface area (Å²) in [5.41, 5.74) is 9.06. The third kappa shape index (κ3) is 3.02. The van der Waals surface area contributed by atoms with Crippen LogP contribution in [0.5, 0.6) is 0 Å². The molecule has 1 aromatic rings. The second kappa shape index (κ2) is 5.65. The van der Waals surface area contributed by atoms with Gasteiger partial charge in [0.15, 0.2) is 0 Å². The minimum absolute atomic E-state index is 0.272. The van der Waals surface area contributed by atoms with E-state index in [0.717, 1.165) is 19.5 Å². The van der Waals surface area contributed by atoms with E-state index < -0.39 is 0 Å². The lowest BCUT2D eigenvalue weighted by atomic mass is 9.92. The first-order chi connectivity index (χ1) is 9.22. The molecule has 106 valence electrons. The summed E-state index contributed by atoms with van der Waals surface area (Å²) in [4.78, 5) is 4.98. The Balaban J connectivity index is 1.56. The van der Waals surface area contributed by atoms with Gasteiger partial charge in [0.1, 0.15) is 0 Å². The van der Waals surface area contributed by atoms with E-state index in [4.69, 9.17) is 5.73 Å². The molecule has 1 saturated heterocycles. The van der Waals surface area contributed by atoms with Crippen LogP contribution >= 0.6 is 0 Å². The first-order valence-corrected chi connectivity index (χ1v) is 7.57. The Hall–Kier alpha value is -0.840. The quantitative estimate of drug-likeness (QED) is 0.885. The molecule has 3 rings (SSSR count). The lowest BCUT2D eigenvalue weighted by molar-refractivity contribution is 0.150. The first kappa shape index (κ1) is 13.2. The van der Waals surface area contributed by atoms with Gasteiger partial charge in [-0.25, -0.2) is 0 Å². The van der Waals surface area contributed by atoms with E-state index in [-0.39, 0.29) is 6.04 Å². The van der Waals surface area contributed by atoms with Crippen LogP contribution in [-0.2, 0) is 13.0 Å². The molecular weight excluding hydrogens is 236 g/mol. The molecule has 4 heteroatoms. The van der Waals surface area contributed by atoms with Crippen molar-refractivity contribution in [2.24, 2.45) is 5.73 Å². The summed E-state index contributed by atoms with van der Waals surface area (Å²) in [5, 5.41) is 0. The van der Waals surface area contributed by atoms with E-state index in [2.05, 4.69) is 33.8 Å². The molecule has 2 N–H and O–H groups in total. The minimum Gasteiger partial charge on any atom is -0.352 e. The van der Waals surface area contributed by atoms with Gasteiger partial charge in [-0.15, -0.1) is 0 Å². The summed E-state index contributed by atoms with van der Waals surface area (Å²) in [7, 11) is 2.21. The Morgan fingerprint density at radius 1 is 1.16 bits per heavy atom. The molecule has 1 aromatic heterocycles. The molecule has 2 aliphatic rings. The van der Waals surface area contributed by atoms with E-state index in [0.29, 0.717) is 0 Å². The van der Waals surface area contributed by atoms with Crippen LogP contribution in [0.2, 0.25) is 0 Å². The van der Waals surface area contributed by atoms with Gasteiger partial charge in [-0.1, -0.05) is 0 Å². The lowest BCUT2D eigenvalue weighted by Crippen LogP contribution is -2.45. The van der Waals surface area contributed by atoms with Crippen LogP contribution in [0.3, 0.4) is 0 Å². The van der Waals surface area contributed by atoms with Gasteiger partial charge in [0, 0.05) is 57.7 Å². The van der Waals surface area contributed by atoms with Crippen molar-refractivity contribution in [3.05, 3.63) is 23.5 Å². The van der Waals surface area contributed by atoms with E-state index >= 15 is 0 Å². The summed E-state index contributed by atoms with van der Waals surface area (Å²) in [6, 6.07) is 0.272. The fourth-order valence-corrected chi connectivity index (χ4v) is 3.24. The number of fused-ring (bicyclic) bond motifs is 1. The number of aromatic nitrogens is 1. The highest BCUT2D eigenvalue weighted by molar-refractivity contribution is 5.29. The van der Waals surface area contributed by atoms with E-state index in [1.54, 1.807) is 0 Å². The zero-order valence-electron chi connectivity index (χ0n) is 12.0. The van der Waals surface area contributed by atoms with Crippen molar-refractivity contribution in [3.8, 4) is 0 Å². The van der Waals surface area contributed by atoms with Crippen molar-refractivity contribution < 1.29 is 0 Å². The Kier molecular flexibility index (Phi) is 3.91. The van der Waals surface area contributed by atoms with Crippen LogP contribution in [-0.4, -0.2) is 54.1 Å². The summed E-state index contributed by atoms with van der Waals surface area (Å²) >= 11 is 0. The van der Waals surface area contributed by atoms with Crippen LogP contribution in [0.15, 0.2) is 12.4 Å². The highest BCUT2D eigenvalue weighted by Gasteiger charge is 2.19. The van der Waals surface area contributed by atoms with Crippen molar-refractivity contribution in [2.45, 2.75) is 31.8 Å². The van der Waals surface area contributed by atoms with Crippen LogP contribution in [0, 0.1) is 0 Å². The predicted molar refractivity (Wildman–Crippen MR) is 78.2 cm³/mol. The molecule has 0 amide bonds. The molecular formula is C15H26N4. The summed E-state index contributed by atoms with van der Waals surface area (Å²) in [6.45, 7) is 7.08. The van der Waals surface area contributed by atoms with Gasteiger partial charge in [-0.3, -0.25) is 4.90 Å². The number of nitrogens with zero attached hydrogens (tertiary/aromatic N) is 3. The molecule has 2 heterocycles. The number of aryl methyl sites for hydroxylation is 1. The van der Waals surface area contributed by atoms with E-state index in [9.17, 15) is 0 Å². The molecule has 1 aliphatic carbocycles. The molecule has 1 fully saturated rings. The number of likely N-dealkylation sites (N-methyl/N-ethyl adjacent to an activating group) is 1. The maximum atomic E-state index is 6.18. The summed E-state index contributed by atoms with van der Waals surface area (Å²) < 4.78 is 2.36. The van der Waals surface area contributed by atoms with Gasteiger partial charge in [0.2, 0.25) is 0 Å². The maximum absolute atomic E-state index is 6.18. The van der Waals surface area contributed by atoms with Gasteiger partial charge in [0.25, 0.3) is 0 Å². The van der Waals surface area contributed by atoms with Gasteiger partial charge < -0.3 is 15.2 Å². The molecule has 0 spiro atoms. The molecule has 1 atom stereocenters. The minimum atomic E-state index is 0.272. The van der Waals surface area contributed by atoms with Gasteiger partial charge in [0.05, 0.1) is 0 Å². The van der Waals surface area contributed by atoms with Gasteiger partial charge in [-0.2, -0.15) is 0 Å². The molecule has 0 aromatic carbocycles. The van der Waals surface area contributed by atoms with Crippen LogP contribution in [0.4, 0.5) is 0 Å². The van der Waals surface area contributed by atoms with Crippen molar-refractivity contribution in [1.82, 2.24) is 14.4 Å². The zero-order valence-corrected chi connectivity index (χ0v) is 12.0. The van der Waals surface area contributed by atoms with Crippen molar-refractivity contribution in [2.75, 3.05) is 39.8 Å². The van der Waals surface area contributed by atoms with Crippen molar-refractivity contribution >= 4 is 0 Å². The largest absolute Gasteiger partial charge is 0.352 e. The normalized spacial score (nSPS) is 25.5. The molecule has 1 unspecified atom stereocenters. The van der Waals surface area contributed by atoms with Crippen molar-refractivity contribution in [3.63, 3.8) is 0 Å². The topological polar surface area (TPSA) is 37.4 Å². The fraction of sp³-hybridized carbons (Fsp3) is 0.733. The number of hydrogen-bond donors (Lipinski definition) is 1. The predicted octanol–water partition coefficient (Wildman–Crippen LogP) is 1.07. The molecule has 1 aliphatic heterocycles. The third-order valence-electron chi connectivity index (χ3n) is 4.63. The second-order valence-electron chi connectivity index (χ2n) is 6.12. The smallest absolute Gasteiger partial charge is 0.0347 e. The number of rotatable bonds is 3. The molecule has 0 saturated carbocycles.